The minimum atomic E-state index is 0. The van der Waals surface area contributed by atoms with Gasteiger partial charge in [-0.25, -0.2) is 0 Å². The number of benzene rings is 1. The van der Waals surface area contributed by atoms with E-state index in [1.165, 1.54) is 5.56 Å². The molecule has 5 heteroatoms. The van der Waals surface area contributed by atoms with Crippen molar-refractivity contribution in [3.63, 3.8) is 0 Å². The lowest BCUT2D eigenvalue weighted by atomic mass is 10.1. The smallest absolute Gasteiger partial charge is 0.188 e. The van der Waals surface area contributed by atoms with Gasteiger partial charge in [-0.1, -0.05) is 35.0 Å². The predicted octanol–water partition coefficient (Wildman–Crippen LogP) is 3.31. The maximum absolute atomic E-state index is 5.69. The fourth-order valence-electron chi connectivity index (χ4n) is 1.49. The van der Waals surface area contributed by atoms with Gasteiger partial charge in [-0.3, -0.25) is 4.99 Å². The van der Waals surface area contributed by atoms with Crippen LogP contribution in [0.25, 0.3) is 0 Å². The van der Waals surface area contributed by atoms with Gasteiger partial charge in [0.15, 0.2) is 5.96 Å². The van der Waals surface area contributed by atoms with E-state index < -0.39 is 0 Å². The van der Waals surface area contributed by atoms with Gasteiger partial charge in [0.1, 0.15) is 0 Å². The highest BCUT2D eigenvalue weighted by Gasteiger charge is 1.95. The Kier molecular flexibility index (Phi) is 10.4. The summed E-state index contributed by atoms with van der Waals surface area (Å²) >= 11 is 3.47. The van der Waals surface area contributed by atoms with Gasteiger partial charge in [0, 0.05) is 17.6 Å². The lowest BCUT2D eigenvalue weighted by Crippen LogP contribution is -2.32. The van der Waals surface area contributed by atoms with Crippen molar-refractivity contribution >= 4 is 45.9 Å². The van der Waals surface area contributed by atoms with Crippen LogP contribution >= 0.6 is 39.9 Å². The molecule has 0 amide bonds. The van der Waals surface area contributed by atoms with Gasteiger partial charge in [-0.05, 0) is 37.0 Å². The molecule has 0 spiro atoms. The Morgan fingerprint density at radius 2 is 2.22 bits per heavy atom. The Balaban J connectivity index is 0.00000289. The summed E-state index contributed by atoms with van der Waals surface area (Å²) in [6, 6.07) is 8.38. The number of hydrogen-bond donors (Lipinski definition) is 2. The SMILES string of the molecule is CCCN=C(N)NCCCc1cccc(Br)c1.I. The molecule has 1 aromatic rings. The molecule has 0 atom stereocenters. The molecule has 3 nitrogen and oxygen atoms in total. The summed E-state index contributed by atoms with van der Waals surface area (Å²) in [4.78, 5) is 4.18. The van der Waals surface area contributed by atoms with Crippen LogP contribution in [0.3, 0.4) is 0 Å². The third-order valence-corrected chi connectivity index (χ3v) is 2.84. The molecule has 0 aliphatic rings. The largest absolute Gasteiger partial charge is 0.370 e. The van der Waals surface area contributed by atoms with E-state index in [1.807, 2.05) is 6.07 Å². The Bertz CT molecular complexity index is 369. The zero-order valence-electron chi connectivity index (χ0n) is 10.7. The second kappa shape index (κ2) is 10.6. The van der Waals surface area contributed by atoms with Crippen LogP contribution in [0.5, 0.6) is 0 Å². The van der Waals surface area contributed by atoms with Crippen molar-refractivity contribution in [3.8, 4) is 0 Å². The fraction of sp³-hybridized carbons (Fsp3) is 0.462. The summed E-state index contributed by atoms with van der Waals surface area (Å²) in [6.45, 7) is 3.75. The molecule has 0 aliphatic heterocycles. The molecule has 0 aliphatic carbocycles. The van der Waals surface area contributed by atoms with Crippen molar-refractivity contribution in [2.24, 2.45) is 10.7 Å². The van der Waals surface area contributed by atoms with E-state index in [-0.39, 0.29) is 24.0 Å². The molecule has 1 aromatic carbocycles. The summed E-state index contributed by atoms with van der Waals surface area (Å²) in [7, 11) is 0. The number of aliphatic imine (C=N–C) groups is 1. The number of guanidine groups is 1. The summed E-state index contributed by atoms with van der Waals surface area (Å²) < 4.78 is 1.13. The van der Waals surface area contributed by atoms with E-state index in [9.17, 15) is 0 Å². The van der Waals surface area contributed by atoms with Crippen molar-refractivity contribution in [3.05, 3.63) is 34.3 Å². The molecule has 0 radical (unpaired) electrons. The lowest BCUT2D eigenvalue weighted by Gasteiger charge is -2.05. The summed E-state index contributed by atoms with van der Waals surface area (Å²) in [5.74, 6) is 0.557. The van der Waals surface area contributed by atoms with E-state index in [1.54, 1.807) is 0 Å². The van der Waals surface area contributed by atoms with Gasteiger partial charge in [0.05, 0.1) is 0 Å². The zero-order valence-corrected chi connectivity index (χ0v) is 14.6. The maximum Gasteiger partial charge on any atom is 0.188 e. The van der Waals surface area contributed by atoms with Gasteiger partial charge in [0.2, 0.25) is 0 Å². The highest BCUT2D eigenvalue weighted by Crippen LogP contribution is 2.12. The molecular formula is C13H21BrIN3. The normalized spacial score (nSPS) is 10.9. The van der Waals surface area contributed by atoms with Crippen molar-refractivity contribution < 1.29 is 0 Å². The molecule has 102 valence electrons. The molecule has 0 fully saturated rings. The van der Waals surface area contributed by atoms with Crippen molar-refractivity contribution in [2.75, 3.05) is 13.1 Å². The third-order valence-electron chi connectivity index (χ3n) is 2.34. The summed E-state index contributed by atoms with van der Waals surface area (Å²) in [5.41, 5.74) is 7.03. The van der Waals surface area contributed by atoms with E-state index in [4.69, 9.17) is 5.73 Å². The van der Waals surface area contributed by atoms with Crippen LogP contribution in [0.4, 0.5) is 0 Å². The number of nitrogens with zero attached hydrogens (tertiary/aromatic N) is 1. The third kappa shape index (κ3) is 7.92. The Morgan fingerprint density at radius 3 is 2.89 bits per heavy atom. The van der Waals surface area contributed by atoms with Gasteiger partial charge >= 0.3 is 0 Å². The Morgan fingerprint density at radius 1 is 1.44 bits per heavy atom. The van der Waals surface area contributed by atoms with Crippen molar-refractivity contribution in [2.45, 2.75) is 26.2 Å². The standard InChI is InChI=1S/C13H20BrN3.HI/c1-2-8-16-13(15)17-9-4-6-11-5-3-7-12(14)10-11;/h3,5,7,10H,2,4,6,8-9H2,1H3,(H3,15,16,17);1H. The number of nitrogens with two attached hydrogens (primary N) is 1. The molecule has 1 rings (SSSR count). The molecule has 0 unspecified atom stereocenters. The highest BCUT2D eigenvalue weighted by molar-refractivity contribution is 14.0. The molecule has 0 saturated carbocycles. The average molecular weight is 426 g/mol. The van der Waals surface area contributed by atoms with Crippen LogP contribution in [0, 0.1) is 0 Å². The number of halogens is 2. The molecule has 0 heterocycles. The predicted molar refractivity (Wildman–Crippen MR) is 92.7 cm³/mol. The number of rotatable bonds is 6. The quantitative estimate of drug-likeness (QED) is 0.318. The minimum absolute atomic E-state index is 0. The molecular weight excluding hydrogens is 405 g/mol. The second-order valence-corrected chi connectivity index (χ2v) is 4.84. The van der Waals surface area contributed by atoms with Gasteiger partial charge < -0.3 is 11.1 Å². The summed E-state index contributed by atoms with van der Waals surface area (Å²) in [6.07, 6.45) is 3.13. The first-order chi connectivity index (χ1) is 8.22. The van der Waals surface area contributed by atoms with E-state index in [0.29, 0.717) is 5.96 Å². The number of hydrogen-bond acceptors (Lipinski definition) is 1. The van der Waals surface area contributed by atoms with E-state index in [0.717, 1.165) is 36.8 Å². The Labute approximate surface area is 135 Å². The lowest BCUT2D eigenvalue weighted by molar-refractivity contribution is 0.763. The first-order valence-electron chi connectivity index (χ1n) is 6.00. The van der Waals surface area contributed by atoms with E-state index in [2.05, 4.69) is 51.4 Å². The van der Waals surface area contributed by atoms with Gasteiger partial charge in [-0.15, -0.1) is 24.0 Å². The van der Waals surface area contributed by atoms with Gasteiger partial charge in [0.25, 0.3) is 0 Å². The zero-order chi connectivity index (χ0) is 12.5. The molecule has 0 saturated heterocycles. The van der Waals surface area contributed by atoms with E-state index >= 15 is 0 Å². The van der Waals surface area contributed by atoms with Crippen LogP contribution in [0.15, 0.2) is 33.7 Å². The first kappa shape index (κ1) is 17.7. The second-order valence-electron chi connectivity index (χ2n) is 3.93. The summed E-state index contributed by atoms with van der Waals surface area (Å²) in [5, 5.41) is 3.12. The van der Waals surface area contributed by atoms with Crippen LogP contribution in [0.1, 0.15) is 25.3 Å². The fourth-order valence-corrected chi connectivity index (χ4v) is 1.94. The Hall–Kier alpha value is -0.300. The number of aryl methyl sites for hydroxylation is 1. The van der Waals surface area contributed by atoms with Crippen molar-refractivity contribution in [1.29, 1.82) is 0 Å². The minimum Gasteiger partial charge on any atom is -0.370 e. The maximum atomic E-state index is 5.69. The molecule has 3 N–H and O–H groups in total. The average Bonchev–Trinajstić information content (AvgIpc) is 2.32. The monoisotopic (exact) mass is 425 g/mol. The van der Waals surface area contributed by atoms with Crippen LogP contribution in [-0.2, 0) is 6.42 Å². The molecule has 18 heavy (non-hydrogen) atoms. The molecule has 0 aromatic heterocycles. The number of nitrogens with one attached hydrogen (secondary N) is 1. The first-order valence-corrected chi connectivity index (χ1v) is 6.80. The van der Waals surface area contributed by atoms with Crippen molar-refractivity contribution in [1.82, 2.24) is 5.32 Å². The highest BCUT2D eigenvalue weighted by atomic mass is 127. The van der Waals surface area contributed by atoms with Gasteiger partial charge in [-0.2, -0.15) is 0 Å². The molecule has 0 bridgehead atoms. The van der Waals surface area contributed by atoms with Crippen LogP contribution < -0.4 is 11.1 Å². The van der Waals surface area contributed by atoms with Crippen LogP contribution in [0.2, 0.25) is 0 Å². The topological polar surface area (TPSA) is 50.4 Å². The van der Waals surface area contributed by atoms with Crippen LogP contribution in [-0.4, -0.2) is 19.0 Å².